The van der Waals surface area contributed by atoms with Crippen molar-refractivity contribution in [2.75, 3.05) is 32.5 Å². The number of anilines is 1. The van der Waals surface area contributed by atoms with Gasteiger partial charge in [-0.1, -0.05) is 12.1 Å². The summed E-state index contributed by atoms with van der Waals surface area (Å²) in [5.41, 5.74) is 9.91. The van der Waals surface area contributed by atoms with Gasteiger partial charge in [0.15, 0.2) is 0 Å². The van der Waals surface area contributed by atoms with Gasteiger partial charge in [0, 0.05) is 37.8 Å². The summed E-state index contributed by atoms with van der Waals surface area (Å²) >= 11 is 1.28. The summed E-state index contributed by atoms with van der Waals surface area (Å²) in [6, 6.07) is 8.09. The summed E-state index contributed by atoms with van der Waals surface area (Å²) in [4.78, 5) is 22.5. The zero-order valence-electron chi connectivity index (χ0n) is 17.6. The standard InChI is InChI=1S/C21H28N6O2S/c1-4-27(23)20(28)17-11-16-18(25-21(22)26-19(16)30-17)15-10-14(7-6-13(15)2)12-24-8-5-9-29-3/h6-7,10-11,24H,4-5,8-9,12,23H2,1-3H3,(H2,22,25,26). The van der Waals surface area contributed by atoms with E-state index in [1.807, 2.05) is 19.9 Å². The second kappa shape index (κ2) is 9.94. The number of benzene rings is 1. The highest BCUT2D eigenvalue weighted by atomic mass is 32.1. The maximum atomic E-state index is 12.5. The third-order valence-electron chi connectivity index (χ3n) is 4.81. The van der Waals surface area contributed by atoms with Crippen molar-refractivity contribution < 1.29 is 9.53 Å². The van der Waals surface area contributed by atoms with E-state index in [-0.39, 0.29) is 11.9 Å². The Kier molecular flexibility index (Phi) is 7.33. The third kappa shape index (κ3) is 4.93. The van der Waals surface area contributed by atoms with Gasteiger partial charge >= 0.3 is 0 Å². The van der Waals surface area contributed by atoms with E-state index < -0.39 is 0 Å². The molecule has 1 amide bonds. The Morgan fingerprint density at radius 2 is 2.10 bits per heavy atom. The van der Waals surface area contributed by atoms with Crippen LogP contribution in [0, 0.1) is 6.92 Å². The smallest absolute Gasteiger partial charge is 0.277 e. The van der Waals surface area contributed by atoms with Crippen LogP contribution in [0.25, 0.3) is 21.5 Å². The fourth-order valence-electron chi connectivity index (χ4n) is 3.14. The summed E-state index contributed by atoms with van der Waals surface area (Å²) in [6.07, 6.45) is 0.958. The lowest BCUT2D eigenvalue weighted by Gasteiger charge is -2.11. The van der Waals surface area contributed by atoms with E-state index >= 15 is 0 Å². The predicted octanol–water partition coefficient (Wildman–Crippen LogP) is 2.71. The third-order valence-corrected chi connectivity index (χ3v) is 5.83. The number of aryl methyl sites for hydroxylation is 1. The topological polar surface area (TPSA) is 119 Å². The molecule has 9 heteroatoms. The summed E-state index contributed by atoms with van der Waals surface area (Å²) in [5.74, 6) is 5.73. The van der Waals surface area contributed by atoms with Gasteiger partial charge in [0.2, 0.25) is 5.95 Å². The number of hydrogen-bond donors (Lipinski definition) is 3. The highest BCUT2D eigenvalue weighted by Gasteiger charge is 2.19. The maximum Gasteiger partial charge on any atom is 0.277 e. The molecule has 2 heterocycles. The first kappa shape index (κ1) is 22.1. The summed E-state index contributed by atoms with van der Waals surface area (Å²) in [5, 5.41) is 5.41. The molecular formula is C21H28N6O2S. The van der Waals surface area contributed by atoms with Gasteiger partial charge in [0.05, 0.1) is 10.6 Å². The number of carbonyl (C=O) groups is 1. The second-order valence-electron chi connectivity index (χ2n) is 7.02. The van der Waals surface area contributed by atoms with E-state index in [2.05, 4.69) is 33.5 Å². The van der Waals surface area contributed by atoms with Crippen LogP contribution in [-0.4, -0.2) is 47.7 Å². The van der Waals surface area contributed by atoms with Crippen LogP contribution in [-0.2, 0) is 11.3 Å². The molecular weight excluding hydrogens is 400 g/mol. The predicted molar refractivity (Wildman–Crippen MR) is 121 cm³/mol. The molecule has 0 unspecified atom stereocenters. The molecule has 0 saturated heterocycles. The van der Waals surface area contributed by atoms with Crippen molar-refractivity contribution in [1.29, 1.82) is 0 Å². The lowest BCUT2D eigenvalue weighted by molar-refractivity contribution is 0.0769. The van der Waals surface area contributed by atoms with Crippen LogP contribution in [0.15, 0.2) is 24.3 Å². The van der Waals surface area contributed by atoms with Crippen molar-refractivity contribution >= 4 is 33.4 Å². The van der Waals surface area contributed by atoms with Crippen LogP contribution < -0.4 is 16.9 Å². The van der Waals surface area contributed by atoms with Crippen molar-refractivity contribution in [3.8, 4) is 11.3 Å². The number of thiophene rings is 1. The van der Waals surface area contributed by atoms with Crippen molar-refractivity contribution in [1.82, 2.24) is 20.3 Å². The number of carbonyl (C=O) groups excluding carboxylic acids is 1. The molecule has 0 radical (unpaired) electrons. The molecule has 0 aliphatic heterocycles. The number of amides is 1. The molecule has 3 rings (SSSR count). The number of nitrogen functional groups attached to an aromatic ring is 1. The number of nitrogens with one attached hydrogen (secondary N) is 1. The quantitative estimate of drug-likeness (QED) is 0.207. The molecule has 3 aromatic rings. The van der Waals surface area contributed by atoms with Gasteiger partial charge in [-0.3, -0.25) is 9.80 Å². The van der Waals surface area contributed by atoms with E-state index in [4.69, 9.17) is 16.3 Å². The monoisotopic (exact) mass is 428 g/mol. The fraction of sp³-hybridized carbons (Fsp3) is 0.381. The van der Waals surface area contributed by atoms with E-state index in [9.17, 15) is 4.79 Å². The van der Waals surface area contributed by atoms with Crippen molar-refractivity contribution in [3.63, 3.8) is 0 Å². The van der Waals surface area contributed by atoms with Gasteiger partial charge in [0.1, 0.15) is 4.83 Å². The van der Waals surface area contributed by atoms with E-state index in [1.54, 1.807) is 7.11 Å². The van der Waals surface area contributed by atoms with E-state index in [0.717, 1.165) is 53.9 Å². The van der Waals surface area contributed by atoms with Gasteiger partial charge in [0.25, 0.3) is 5.91 Å². The molecule has 0 spiro atoms. The Morgan fingerprint density at radius 1 is 1.30 bits per heavy atom. The van der Waals surface area contributed by atoms with Gasteiger partial charge < -0.3 is 15.8 Å². The van der Waals surface area contributed by atoms with E-state index in [0.29, 0.717) is 16.3 Å². The zero-order valence-corrected chi connectivity index (χ0v) is 18.4. The first-order chi connectivity index (χ1) is 14.4. The molecule has 1 aromatic carbocycles. The van der Waals surface area contributed by atoms with Gasteiger partial charge in [-0.05, 0) is 50.1 Å². The average molecular weight is 429 g/mol. The van der Waals surface area contributed by atoms with Crippen LogP contribution in [0.5, 0.6) is 0 Å². The molecule has 160 valence electrons. The highest BCUT2D eigenvalue weighted by Crippen LogP contribution is 2.34. The molecule has 8 nitrogen and oxygen atoms in total. The normalized spacial score (nSPS) is 11.2. The minimum absolute atomic E-state index is 0.181. The summed E-state index contributed by atoms with van der Waals surface area (Å²) in [7, 11) is 1.71. The molecule has 0 saturated carbocycles. The van der Waals surface area contributed by atoms with Crippen LogP contribution in [0.1, 0.15) is 34.1 Å². The first-order valence-electron chi connectivity index (χ1n) is 9.87. The Bertz CT molecular complexity index is 1040. The number of hydrazine groups is 1. The lowest BCUT2D eigenvalue weighted by Crippen LogP contribution is -2.36. The molecule has 0 fully saturated rings. The lowest BCUT2D eigenvalue weighted by atomic mass is 10.00. The van der Waals surface area contributed by atoms with Crippen molar-refractivity contribution in [2.24, 2.45) is 5.84 Å². The molecule has 0 bridgehead atoms. The average Bonchev–Trinajstić information content (AvgIpc) is 3.17. The number of ether oxygens (including phenoxy) is 1. The van der Waals surface area contributed by atoms with Crippen LogP contribution in [0.3, 0.4) is 0 Å². The van der Waals surface area contributed by atoms with Gasteiger partial charge in [-0.15, -0.1) is 11.3 Å². The van der Waals surface area contributed by atoms with Gasteiger partial charge in [-0.25, -0.2) is 15.8 Å². The minimum atomic E-state index is -0.240. The largest absolute Gasteiger partial charge is 0.385 e. The number of rotatable bonds is 9. The number of fused-ring (bicyclic) bond motifs is 1. The zero-order chi connectivity index (χ0) is 21.7. The van der Waals surface area contributed by atoms with Crippen LogP contribution in [0.4, 0.5) is 5.95 Å². The number of nitrogens with two attached hydrogens (primary N) is 2. The molecule has 0 atom stereocenters. The Labute approximate surface area is 180 Å². The van der Waals surface area contributed by atoms with Crippen LogP contribution in [0.2, 0.25) is 0 Å². The number of aromatic nitrogens is 2. The number of hydrogen-bond acceptors (Lipinski definition) is 8. The molecule has 2 aromatic heterocycles. The maximum absolute atomic E-state index is 12.5. The van der Waals surface area contributed by atoms with E-state index in [1.165, 1.54) is 16.3 Å². The molecule has 0 aliphatic carbocycles. The summed E-state index contributed by atoms with van der Waals surface area (Å²) < 4.78 is 5.08. The second-order valence-corrected chi connectivity index (χ2v) is 8.05. The fourth-order valence-corrected chi connectivity index (χ4v) is 4.14. The Balaban J connectivity index is 1.96. The van der Waals surface area contributed by atoms with Crippen LogP contribution >= 0.6 is 11.3 Å². The number of nitrogens with zero attached hydrogens (tertiary/aromatic N) is 3. The minimum Gasteiger partial charge on any atom is -0.385 e. The number of methoxy groups -OCH3 is 1. The van der Waals surface area contributed by atoms with Gasteiger partial charge in [-0.2, -0.15) is 0 Å². The molecule has 5 N–H and O–H groups in total. The van der Waals surface area contributed by atoms with Crippen molar-refractivity contribution in [2.45, 2.75) is 26.8 Å². The highest BCUT2D eigenvalue weighted by molar-refractivity contribution is 7.20. The molecule has 30 heavy (non-hydrogen) atoms. The first-order valence-corrected chi connectivity index (χ1v) is 10.7. The summed E-state index contributed by atoms with van der Waals surface area (Å²) in [6.45, 7) is 6.64. The molecule has 0 aliphatic rings. The Hall–Kier alpha value is -2.59. The Morgan fingerprint density at radius 3 is 2.83 bits per heavy atom. The SMILES string of the molecule is CCN(N)C(=O)c1cc2c(-c3cc(CNCCCOC)ccc3C)nc(N)nc2s1. The van der Waals surface area contributed by atoms with Crippen molar-refractivity contribution in [3.05, 3.63) is 40.3 Å².